The van der Waals surface area contributed by atoms with Gasteiger partial charge in [-0.25, -0.2) is 4.79 Å². The summed E-state index contributed by atoms with van der Waals surface area (Å²) in [7, 11) is 3.49. The zero-order valence-electron chi connectivity index (χ0n) is 15.1. The molecule has 2 atom stereocenters. The summed E-state index contributed by atoms with van der Waals surface area (Å²) in [5, 5.41) is 7.20. The fraction of sp³-hybridized carbons (Fsp3) is 0.500. The molecule has 0 spiro atoms. The number of carbonyl (C=O) groups excluding carboxylic acids is 1. The van der Waals surface area contributed by atoms with Gasteiger partial charge in [0.25, 0.3) is 0 Å². The lowest BCUT2D eigenvalue weighted by molar-refractivity contribution is 0.208. The van der Waals surface area contributed by atoms with Crippen LogP contribution in [0.2, 0.25) is 0 Å². The lowest BCUT2D eigenvalue weighted by Crippen LogP contribution is -2.46. The fourth-order valence-electron chi connectivity index (χ4n) is 3.15. The van der Waals surface area contributed by atoms with Gasteiger partial charge in [-0.05, 0) is 5.92 Å². The van der Waals surface area contributed by atoms with Gasteiger partial charge in [0.1, 0.15) is 0 Å². The number of benzene rings is 1. The molecule has 1 aromatic carbocycles. The van der Waals surface area contributed by atoms with Crippen molar-refractivity contribution in [2.75, 3.05) is 32.1 Å². The molecule has 1 aliphatic rings. The minimum Gasteiger partial charge on any atom is -0.333 e. The van der Waals surface area contributed by atoms with Crippen LogP contribution in [0.25, 0.3) is 11.4 Å². The van der Waals surface area contributed by atoms with E-state index in [1.807, 2.05) is 30.3 Å². The van der Waals surface area contributed by atoms with Crippen LogP contribution in [0.15, 0.2) is 34.9 Å². The van der Waals surface area contributed by atoms with E-state index in [1.165, 1.54) is 0 Å². The number of anilines is 1. The average molecular weight is 343 g/mol. The second-order valence-corrected chi connectivity index (χ2v) is 7.03. The van der Waals surface area contributed by atoms with Crippen LogP contribution in [0.4, 0.5) is 10.8 Å². The molecule has 2 aromatic rings. The molecule has 1 fully saturated rings. The number of urea groups is 1. The Balaban J connectivity index is 1.75. The highest BCUT2D eigenvalue weighted by Crippen LogP contribution is 2.29. The molecule has 1 N–H and O–H groups in total. The van der Waals surface area contributed by atoms with Crippen LogP contribution in [0.1, 0.15) is 13.8 Å². The zero-order valence-corrected chi connectivity index (χ0v) is 15.1. The molecule has 2 amide bonds. The molecular weight excluding hydrogens is 318 g/mol. The van der Waals surface area contributed by atoms with Crippen molar-refractivity contribution in [3.63, 3.8) is 0 Å². The third kappa shape index (κ3) is 3.75. The third-order valence-electron chi connectivity index (χ3n) is 4.65. The SMILES string of the molecule is CC(C)C1CN(c2nc(-c3ccccc3)no2)CC1NC(=O)N(C)C. The molecule has 2 heterocycles. The van der Waals surface area contributed by atoms with Crippen LogP contribution in [0.3, 0.4) is 0 Å². The monoisotopic (exact) mass is 343 g/mol. The van der Waals surface area contributed by atoms with E-state index in [-0.39, 0.29) is 12.1 Å². The van der Waals surface area contributed by atoms with Gasteiger partial charge in [0.15, 0.2) is 0 Å². The Hall–Kier alpha value is -2.57. The summed E-state index contributed by atoms with van der Waals surface area (Å²) in [5.41, 5.74) is 0.926. The van der Waals surface area contributed by atoms with Crippen molar-refractivity contribution in [3.05, 3.63) is 30.3 Å². The quantitative estimate of drug-likeness (QED) is 0.923. The highest BCUT2D eigenvalue weighted by atomic mass is 16.5. The lowest BCUT2D eigenvalue weighted by Gasteiger charge is -2.24. The minimum absolute atomic E-state index is 0.0574. The van der Waals surface area contributed by atoms with Gasteiger partial charge in [0.05, 0.1) is 6.04 Å². The Morgan fingerprint density at radius 1 is 1.28 bits per heavy atom. The Kier molecular flexibility index (Phi) is 4.92. The first-order chi connectivity index (χ1) is 12.0. The number of nitrogens with one attached hydrogen (secondary N) is 1. The van der Waals surface area contributed by atoms with E-state index in [9.17, 15) is 4.79 Å². The van der Waals surface area contributed by atoms with Crippen molar-refractivity contribution in [1.29, 1.82) is 0 Å². The smallest absolute Gasteiger partial charge is 0.324 e. The summed E-state index contributed by atoms with van der Waals surface area (Å²) in [6.45, 7) is 5.80. The molecule has 134 valence electrons. The number of hydrogen-bond acceptors (Lipinski definition) is 5. The van der Waals surface area contributed by atoms with E-state index < -0.39 is 0 Å². The molecule has 7 nitrogen and oxygen atoms in total. The Morgan fingerprint density at radius 3 is 2.64 bits per heavy atom. The first-order valence-corrected chi connectivity index (χ1v) is 8.57. The molecule has 0 bridgehead atoms. The van der Waals surface area contributed by atoms with Gasteiger partial charge in [-0.1, -0.05) is 49.3 Å². The Morgan fingerprint density at radius 2 is 2.00 bits per heavy atom. The van der Waals surface area contributed by atoms with Gasteiger partial charge in [0.2, 0.25) is 5.82 Å². The fourth-order valence-corrected chi connectivity index (χ4v) is 3.15. The second kappa shape index (κ2) is 7.13. The van der Waals surface area contributed by atoms with Gasteiger partial charge in [-0.2, -0.15) is 4.98 Å². The molecule has 1 aliphatic heterocycles. The lowest BCUT2D eigenvalue weighted by atomic mass is 9.91. The average Bonchev–Trinajstić information content (AvgIpc) is 3.22. The van der Waals surface area contributed by atoms with Crippen LogP contribution < -0.4 is 10.2 Å². The van der Waals surface area contributed by atoms with Crippen LogP contribution in [0.5, 0.6) is 0 Å². The number of aromatic nitrogens is 2. The van der Waals surface area contributed by atoms with Gasteiger partial charge < -0.3 is 19.6 Å². The number of hydrogen-bond donors (Lipinski definition) is 1. The standard InChI is InChI=1S/C18H25N5O2/c1-12(2)14-10-23(11-15(14)19-17(24)22(3)4)18-20-16(21-25-18)13-8-6-5-7-9-13/h5-9,12,14-15H,10-11H2,1-4H3,(H,19,24). The minimum atomic E-state index is -0.0759. The summed E-state index contributed by atoms with van der Waals surface area (Å²) in [6.07, 6.45) is 0. The molecule has 0 saturated carbocycles. The van der Waals surface area contributed by atoms with E-state index >= 15 is 0 Å². The number of carbonyl (C=O) groups is 1. The van der Waals surface area contributed by atoms with Crippen molar-refractivity contribution in [3.8, 4) is 11.4 Å². The maximum atomic E-state index is 12.0. The Labute approximate surface area is 148 Å². The summed E-state index contributed by atoms with van der Waals surface area (Å²) in [4.78, 5) is 20.2. The largest absolute Gasteiger partial charge is 0.333 e. The van der Waals surface area contributed by atoms with Gasteiger partial charge in [-0.15, -0.1) is 0 Å². The second-order valence-electron chi connectivity index (χ2n) is 7.03. The van der Waals surface area contributed by atoms with Crippen molar-refractivity contribution in [2.24, 2.45) is 11.8 Å². The van der Waals surface area contributed by atoms with E-state index in [0.717, 1.165) is 12.1 Å². The third-order valence-corrected chi connectivity index (χ3v) is 4.65. The van der Waals surface area contributed by atoms with Crippen LogP contribution in [-0.4, -0.2) is 54.3 Å². The van der Waals surface area contributed by atoms with Crippen molar-refractivity contribution in [1.82, 2.24) is 20.4 Å². The molecule has 3 rings (SSSR count). The first-order valence-electron chi connectivity index (χ1n) is 8.57. The first kappa shape index (κ1) is 17.3. The maximum absolute atomic E-state index is 12.0. The summed E-state index contributed by atoms with van der Waals surface area (Å²) >= 11 is 0. The molecule has 2 unspecified atom stereocenters. The predicted octanol–water partition coefficient (Wildman–Crippen LogP) is 2.47. The van der Waals surface area contributed by atoms with Crippen LogP contribution in [-0.2, 0) is 0 Å². The summed E-state index contributed by atoms with van der Waals surface area (Å²) in [6, 6.07) is 10.2. The molecule has 0 aliphatic carbocycles. The molecule has 25 heavy (non-hydrogen) atoms. The van der Waals surface area contributed by atoms with Crippen LogP contribution >= 0.6 is 0 Å². The highest BCUT2D eigenvalue weighted by Gasteiger charge is 2.38. The van der Waals surface area contributed by atoms with E-state index in [0.29, 0.717) is 30.2 Å². The number of amides is 2. The molecule has 1 aromatic heterocycles. The zero-order chi connectivity index (χ0) is 18.0. The Bertz CT molecular complexity index is 713. The normalized spacial score (nSPS) is 20.1. The van der Waals surface area contributed by atoms with Gasteiger partial charge in [0, 0.05) is 38.7 Å². The van der Waals surface area contributed by atoms with Crippen molar-refractivity contribution >= 4 is 12.0 Å². The van der Waals surface area contributed by atoms with Crippen LogP contribution in [0, 0.1) is 11.8 Å². The predicted molar refractivity (Wildman–Crippen MR) is 96.3 cm³/mol. The van der Waals surface area contributed by atoms with Gasteiger partial charge >= 0.3 is 12.0 Å². The topological polar surface area (TPSA) is 74.5 Å². The molecular formula is C18H25N5O2. The van der Waals surface area contributed by atoms with Gasteiger partial charge in [-0.3, -0.25) is 0 Å². The molecule has 0 radical (unpaired) electrons. The molecule has 1 saturated heterocycles. The maximum Gasteiger partial charge on any atom is 0.324 e. The summed E-state index contributed by atoms with van der Waals surface area (Å²) in [5.74, 6) is 1.35. The number of rotatable bonds is 4. The molecule has 7 heteroatoms. The van der Waals surface area contributed by atoms with E-state index in [2.05, 4.69) is 34.2 Å². The van der Waals surface area contributed by atoms with Crippen molar-refractivity contribution < 1.29 is 9.32 Å². The van der Waals surface area contributed by atoms with E-state index in [4.69, 9.17) is 4.52 Å². The van der Waals surface area contributed by atoms with E-state index in [1.54, 1.807) is 19.0 Å². The van der Waals surface area contributed by atoms with Crippen molar-refractivity contribution in [2.45, 2.75) is 19.9 Å². The number of nitrogens with zero attached hydrogens (tertiary/aromatic N) is 4. The summed E-state index contributed by atoms with van der Waals surface area (Å²) < 4.78 is 5.47. The highest BCUT2D eigenvalue weighted by molar-refractivity contribution is 5.74.